The Morgan fingerprint density at radius 3 is 1.05 bits per heavy atom. The van der Waals surface area contributed by atoms with Crippen molar-refractivity contribution in [1.82, 2.24) is 0 Å². The fraction of sp³-hybridized carbons (Fsp3) is 0.133. The lowest BCUT2D eigenvalue weighted by Gasteiger charge is -2.29. The number of hydrogen-bond acceptors (Lipinski definition) is 6. The molecule has 0 unspecified atom stereocenters. The van der Waals surface area contributed by atoms with Crippen LogP contribution in [0.5, 0.6) is 0 Å². The van der Waals surface area contributed by atoms with Crippen LogP contribution in [0.15, 0.2) is 142 Å². The van der Waals surface area contributed by atoms with Gasteiger partial charge in [-0.15, -0.1) is 0 Å². The van der Waals surface area contributed by atoms with E-state index in [0.29, 0.717) is 38.7 Å². The van der Waals surface area contributed by atoms with Crippen LogP contribution < -0.4 is 9.80 Å². The Morgan fingerprint density at radius 1 is 0.364 bits per heavy atom. The van der Waals surface area contributed by atoms with Crippen LogP contribution in [0, 0.1) is 78.1 Å². The summed E-state index contributed by atoms with van der Waals surface area (Å²) < 4.78 is 13.3. The van der Waals surface area contributed by atoms with Crippen molar-refractivity contribution in [3.63, 3.8) is 0 Å². The van der Waals surface area contributed by atoms with Gasteiger partial charge in [0.25, 0.3) is 0 Å². The molecule has 6 nitrogen and oxygen atoms in total. The van der Waals surface area contributed by atoms with Gasteiger partial charge in [-0.1, -0.05) is 60.7 Å². The van der Waals surface area contributed by atoms with E-state index in [-0.39, 0.29) is 5.56 Å². The van der Waals surface area contributed by atoms with Gasteiger partial charge in [-0.05, 0) is 194 Å². The lowest BCUT2D eigenvalue weighted by molar-refractivity contribution is 0.654. The molecule has 0 saturated carbocycles. The lowest BCUT2D eigenvalue weighted by Crippen LogP contribution is -2.13. The minimum absolute atomic E-state index is 0.271. The predicted molar refractivity (Wildman–Crippen MR) is 273 cm³/mol. The molecule has 2 aromatic heterocycles. The molecule has 0 amide bonds. The Labute approximate surface area is 383 Å². The monoisotopic (exact) mass is 854 g/mol. The molecule has 11 aromatic rings. The van der Waals surface area contributed by atoms with Gasteiger partial charge in [0.1, 0.15) is 28.9 Å². The number of benzene rings is 9. The quantitative estimate of drug-likeness (QED) is 0.166. The van der Waals surface area contributed by atoms with Crippen molar-refractivity contribution < 1.29 is 8.83 Å². The van der Waals surface area contributed by atoms with E-state index >= 15 is 0 Å². The third-order valence-electron chi connectivity index (χ3n) is 13.4. The SMILES string of the molecule is Cc1ccc(C)c(N(c2ccc3cc4c(cc3c2)oc2c(C#N)c3oc5cc6cc(N(c7cc(C)ccc7C)c7cc(C)ccc7C)ccc6cc5c3c(C#N)c24)c2cc(C)ccc2C)c1. The molecule has 0 bridgehead atoms. The van der Waals surface area contributed by atoms with E-state index in [1.165, 1.54) is 44.5 Å². The van der Waals surface area contributed by atoms with Crippen molar-refractivity contribution in [2.45, 2.75) is 55.4 Å². The average Bonchev–Trinajstić information content (AvgIpc) is 3.86. The van der Waals surface area contributed by atoms with Gasteiger partial charge in [0, 0.05) is 55.7 Å². The standard InChI is InChI=1S/C60H46N4O2/c1-33-9-13-37(5)51(21-33)63(52-22-34(2)10-14-38(52)6)45-19-17-41-27-47-55(29-43(41)25-45)65-59-50(32-62)60-58(49(31-61)57(47)59)48-28-42-18-20-46(26-44(42)30-56(48)66-60)64(53-23-35(3)11-15-39(53)7)54-24-36(4)12-16-40(54)8/h9-30H,1-8H3. The Balaban J connectivity index is 1.09. The predicted octanol–water partition coefficient (Wildman–Crippen LogP) is 16.9. The topological polar surface area (TPSA) is 80.3 Å². The highest BCUT2D eigenvalue weighted by atomic mass is 16.3. The average molecular weight is 855 g/mol. The maximum Gasteiger partial charge on any atom is 0.158 e. The Hall–Kier alpha value is -8.32. The molecule has 0 atom stereocenters. The summed E-state index contributed by atoms with van der Waals surface area (Å²) in [6.07, 6.45) is 0. The second-order valence-electron chi connectivity index (χ2n) is 18.2. The van der Waals surface area contributed by atoms with Crippen LogP contribution in [0.25, 0.3) is 65.4 Å². The van der Waals surface area contributed by atoms with Crippen molar-refractivity contribution in [2.24, 2.45) is 0 Å². The first-order valence-electron chi connectivity index (χ1n) is 22.3. The lowest BCUT2D eigenvalue weighted by atomic mass is 9.96. The fourth-order valence-corrected chi connectivity index (χ4v) is 9.88. The van der Waals surface area contributed by atoms with E-state index in [2.05, 4.69) is 199 Å². The molecule has 0 fully saturated rings. The highest BCUT2D eigenvalue weighted by molar-refractivity contribution is 6.24. The Bertz CT molecular complexity index is 3620. The van der Waals surface area contributed by atoms with Crippen molar-refractivity contribution >= 4 is 99.5 Å². The summed E-state index contributed by atoms with van der Waals surface area (Å²) in [5.41, 5.74) is 18.5. The van der Waals surface area contributed by atoms with Crippen LogP contribution in [-0.2, 0) is 0 Å². The van der Waals surface area contributed by atoms with Crippen LogP contribution >= 0.6 is 0 Å². The van der Waals surface area contributed by atoms with Gasteiger partial charge in [-0.3, -0.25) is 0 Å². The second-order valence-corrected chi connectivity index (χ2v) is 18.2. The smallest absolute Gasteiger partial charge is 0.158 e. The number of rotatable bonds is 6. The molecule has 66 heavy (non-hydrogen) atoms. The van der Waals surface area contributed by atoms with E-state index in [1.54, 1.807) is 0 Å². The molecule has 0 aliphatic heterocycles. The molecular formula is C60H46N4O2. The number of hydrogen-bond donors (Lipinski definition) is 0. The number of fused-ring (bicyclic) bond motifs is 8. The molecule has 0 aliphatic rings. The molecule has 0 N–H and O–H groups in total. The first-order chi connectivity index (χ1) is 31.9. The minimum atomic E-state index is 0.271. The van der Waals surface area contributed by atoms with Crippen LogP contribution in [0.4, 0.5) is 34.1 Å². The number of nitrogens with zero attached hydrogens (tertiary/aromatic N) is 4. The summed E-state index contributed by atoms with van der Waals surface area (Å²) >= 11 is 0. The summed E-state index contributed by atoms with van der Waals surface area (Å²) in [7, 11) is 0. The van der Waals surface area contributed by atoms with E-state index in [1.807, 2.05) is 12.1 Å². The van der Waals surface area contributed by atoms with Gasteiger partial charge in [0.15, 0.2) is 11.2 Å². The maximum atomic E-state index is 11.0. The third kappa shape index (κ3) is 6.37. The molecule has 11 rings (SSSR count). The molecule has 0 aliphatic carbocycles. The normalized spacial score (nSPS) is 11.6. The fourth-order valence-electron chi connectivity index (χ4n) is 9.88. The summed E-state index contributed by atoms with van der Waals surface area (Å²) in [5.74, 6) is 0. The van der Waals surface area contributed by atoms with Gasteiger partial charge in [0.05, 0.1) is 5.56 Å². The molecule has 2 heterocycles. The van der Waals surface area contributed by atoms with Gasteiger partial charge in [0.2, 0.25) is 0 Å². The summed E-state index contributed by atoms with van der Waals surface area (Å²) in [6, 6.07) is 52.4. The Morgan fingerprint density at radius 2 is 0.712 bits per heavy atom. The zero-order valence-electron chi connectivity index (χ0n) is 38.3. The van der Waals surface area contributed by atoms with Crippen LogP contribution in [0.3, 0.4) is 0 Å². The maximum absolute atomic E-state index is 11.0. The van der Waals surface area contributed by atoms with Crippen LogP contribution in [-0.4, -0.2) is 0 Å². The van der Waals surface area contributed by atoms with Crippen molar-refractivity contribution in [2.75, 3.05) is 9.80 Å². The minimum Gasteiger partial charge on any atom is -0.454 e. The van der Waals surface area contributed by atoms with E-state index in [9.17, 15) is 10.5 Å². The summed E-state index contributed by atoms with van der Waals surface area (Å²) in [6.45, 7) is 17.1. The van der Waals surface area contributed by atoms with E-state index in [0.717, 1.165) is 66.4 Å². The third-order valence-corrected chi connectivity index (χ3v) is 13.4. The van der Waals surface area contributed by atoms with Crippen LogP contribution in [0.1, 0.15) is 55.6 Å². The summed E-state index contributed by atoms with van der Waals surface area (Å²) in [5, 5.41) is 28.6. The molecule has 318 valence electrons. The first-order valence-corrected chi connectivity index (χ1v) is 22.3. The van der Waals surface area contributed by atoms with Gasteiger partial charge in [-0.2, -0.15) is 10.5 Å². The molecule has 0 spiro atoms. The highest BCUT2D eigenvalue weighted by Crippen LogP contribution is 2.47. The second kappa shape index (κ2) is 15.2. The number of furan rings is 2. The summed E-state index contributed by atoms with van der Waals surface area (Å²) in [4.78, 5) is 4.68. The Kier molecular flexibility index (Phi) is 9.29. The highest BCUT2D eigenvalue weighted by Gasteiger charge is 2.27. The zero-order chi connectivity index (χ0) is 45.7. The van der Waals surface area contributed by atoms with Crippen LogP contribution in [0.2, 0.25) is 0 Å². The van der Waals surface area contributed by atoms with Gasteiger partial charge in [-0.25, -0.2) is 0 Å². The number of aryl methyl sites for hydroxylation is 8. The molecule has 0 radical (unpaired) electrons. The molecule has 9 aromatic carbocycles. The van der Waals surface area contributed by atoms with Crippen molar-refractivity contribution in [1.29, 1.82) is 10.5 Å². The molecule has 6 heteroatoms. The van der Waals surface area contributed by atoms with Gasteiger partial charge < -0.3 is 18.6 Å². The largest absolute Gasteiger partial charge is 0.454 e. The van der Waals surface area contributed by atoms with E-state index in [4.69, 9.17) is 8.83 Å². The van der Waals surface area contributed by atoms with E-state index < -0.39 is 0 Å². The first kappa shape index (κ1) is 40.5. The van der Waals surface area contributed by atoms with Gasteiger partial charge >= 0.3 is 0 Å². The molecule has 0 saturated heterocycles. The number of anilines is 6. The number of nitriles is 2. The molecular weight excluding hydrogens is 809 g/mol. The zero-order valence-corrected chi connectivity index (χ0v) is 38.3. The van der Waals surface area contributed by atoms with Crippen molar-refractivity contribution in [3.05, 3.63) is 189 Å². The van der Waals surface area contributed by atoms with Crippen molar-refractivity contribution in [3.8, 4) is 12.1 Å².